The summed E-state index contributed by atoms with van der Waals surface area (Å²) < 4.78 is 0. The van der Waals surface area contributed by atoms with Gasteiger partial charge in [-0.05, 0) is 13.1 Å². The van der Waals surface area contributed by atoms with E-state index in [0.29, 0.717) is 12.0 Å². The molecule has 0 radical (unpaired) electrons. The molecule has 8 heavy (non-hydrogen) atoms. The minimum atomic E-state index is 0.378. The van der Waals surface area contributed by atoms with Gasteiger partial charge in [0, 0.05) is 0 Å². The van der Waals surface area contributed by atoms with Gasteiger partial charge in [-0.15, -0.1) is 0 Å². The number of allylic oxidation sites excluding steroid dienone is 2. The minimum absolute atomic E-state index is 0.378. The van der Waals surface area contributed by atoms with Gasteiger partial charge < -0.3 is 5.32 Å². The van der Waals surface area contributed by atoms with Crippen LogP contribution in [0, 0.1) is 0 Å². The maximum Gasteiger partial charge on any atom is 0.165 e. The van der Waals surface area contributed by atoms with Crippen molar-refractivity contribution >= 4 is 6.29 Å². The summed E-state index contributed by atoms with van der Waals surface area (Å²) in [6.07, 6.45) is 4.10. The molecule has 1 N–H and O–H groups in total. The van der Waals surface area contributed by atoms with Crippen molar-refractivity contribution in [2.75, 3.05) is 0 Å². The van der Waals surface area contributed by atoms with Gasteiger partial charge in [0.1, 0.15) is 0 Å². The lowest BCUT2D eigenvalue weighted by atomic mass is 10.5. The van der Waals surface area contributed by atoms with Crippen LogP contribution < -0.4 is 5.32 Å². The van der Waals surface area contributed by atoms with E-state index in [1.165, 1.54) is 0 Å². The predicted octanol–water partition coefficient (Wildman–Crippen LogP) is 0.822. The van der Waals surface area contributed by atoms with Gasteiger partial charge in [0.2, 0.25) is 0 Å². The van der Waals surface area contributed by atoms with Crippen molar-refractivity contribution in [1.82, 2.24) is 5.32 Å². The Hall–Kier alpha value is -1.05. The van der Waals surface area contributed by atoms with Crippen molar-refractivity contribution in [2.45, 2.75) is 6.92 Å². The summed E-state index contributed by atoms with van der Waals surface area (Å²) in [6.45, 7) is 5.23. The van der Waals surface area contributed by atoms with Crippen molar-refractivity contribution in [3.05, 3.63) is 24.6 Å². The van der Waals surface area contributed by atoms with Crippen LogP contribution in [-0.2, 0) is 4.79 Å². The maximum absolute atomic E-state index is 9.81. The second-order valence-electron chi connectivity index (χ2n) is 1.29. The van der Waals surface area contributed by atoms with E-state index in [1.54, 1.807) is 12.3 Å². The third-order valence-corrected chi connectivity index (χ3v) is 0.578. The molecule has 0 aliphatic carbocycles. The molecule has 0 atom stereocenters. The molecule has 0 aromatic carbocycles. The fourth-order valence-electron chi connectivity index (χ4n) is 0.224. The van der Waals surface area contributed by atoms with Gasteiger partial charge in [-0.2, -0.15) is 0 Å². The first-order valence-corrected chi connectivity index (χ1v) is 2.33. The fourth-order valence-corrected chi connectivity index (χ4v) is 0.224. The highest BCUT2D eigenvalue weighted by molar-refractivity contribution is 5.71. The highest BCUT2D eigenvalue weighted by atomic mass is 16.1. The molecule has 0 spiro atoms. The molecule has 0 bridgehead atoms. The van der Waals surface area contributed by atoms with Crippen LogP contribution >= 0.6 is 0 Å². The summed E-state index contributed by atoms with van der Waals surface area (Å²) in [4.78, 5) is 9.81. The number of carbonyl (C=O) groups is 1. The molecule has 0 amide bonds. The van der Waals surface area contributed by atoms with Crippen molar-refractivity contribution in [1.29, 1.82) is 0 Å². The third-order valence-electron chi connectivity index (χ3n) is 0.578. The van der Waals surface area contributed by atoms with Crippen molar-refractivity contribution in [3.63, 3.8) is 0 Å². The monoisotopic (exact) mass is 111 g/mol. The molecule has 0 saturated heterocycles. The zero-order valence-corrected chi connectivity index (χ0v) is 4.85. The molecule has 0 heterocycles. The van der Waals surface area contributed by atoms with Gasteiger partial charge >= 0.3 is 0 Å². The predicted molar refractivity (Wildman–Crippen MR) is 33.2 cm³/mol. The molecule has 2 nitrogen and oxygen atoms in total. The molecule has 0 aliphatic heterocycles. The molecule has 44 valence electrons. The van der Waals surface area contributed by atoms with Crippen LogP contribution in [0.4, 0.5) is 0 Å². The van der Waals surface area contributed by atoms with Crippen molar-refractivity contribution in [3.8, 4) is 0 Å². The zero-order chi connectivity index (χ0) is 6.41. The summed E-state index contributed by atoms with van der Waals surface area (Å²) >= 11 is 0. The molecule has 2 heteroatoms. The van der Waals surface area contributed by atoms with E-state index in [0.717, 1.165) is 0 Å². The Kier molecular flexibility index (Phi) is 3.58. The molecule has 0 aromatic heterocycles. The second kappa shape index (κ2) is 4.12. The van der Waals surface area contributed by atoms with E-state index >= 15 is 0 Å². The molecule has 0 aromatic rings. The zero-order valence-electron chi connectivity index (χ0n) is 4.85. The van der Waals surface area contributed by atoms with Gasteiger partial charge in [0.25, 0.3) is 0 Å². The maximum atomic E-state index is 9.81. The Morgan fingerprint density at radius 1 is 1.75 bits per heavy atom. The number of nitrogens with one attached hydrogen (secondary N) is 1. The van der Waals surface area contributed by atoms with Crippen molar-refractivity contribution < 1.29 is 4.79 Å². The van der Waals surface area contributed by atoms with Crippen LogP contribution in [-0.4, -0.2) is 6.29 Å². The largest absolute Gasteiger partial charge is 0.360 e. The molecular weight excluding hydrogens is 102 g/mol. The fraction of sp³-hybridized carbons (Fsp3) is 0.167. The molecule has 0 aliphatic rings. The van der Waals surface area contributed by atoms with Gasteiger partial charge in [-0.25, -0.2) is 0 Å². The van der Waals surface area contributed by atoms with Gasteiger partial charge in [-0.3, -0.25) is 4.79 Å². The number of hydrogen-bond acceptors (Lipinski definition) is 2. The minimum Gasteiger partial charge on any atom is -0.360 e. The highest BCUT2D eigenvalue weighted by Crippen LogP contribution is 1.73. The van der Waals surface area contributed by atoms with E-state index in [1.807, 2.05) is 6.92 Å². The highest BCUT2D eigenvalue weighted by Gasteiger charge is 1.78. The first-order valence-electron chi connectivity index (χ1n) is 2.33. The average molecular weight is 111 g/mol. The first-order chi connectivity index (χ1) is 3.81. The lowest BCUT2D eigenvalue weighted by Gasteiger charge is -1.90. The van der Waals surface area contributed by atoms with Crippen LogP contribution in [0.5, 0.6) is 0 Å². The Morgan fingerprint density at radius 2 is 2.38 bits per heavy atom. The Morgan fingerprint density at radius 3 is 2.75 bits per heavy atom. The topological polar surface area (TPSA) is 29.1 Å². The van der Waals surface area contributed by atoms with E-state index in [4.69, 9.17) is 0 Å². The van der Waals surface area contributed by atoms with Gasteiger partial charge in [-0.1, -0.05) is 12.7 Å². The Labute approximate surface area is 48.9 Å². The Bertz CT molecular complexity index is 116. The van der Waals surface area contributed by atoms with Crippen LogP contribution in [0.1, 0.15) is 6.92 Å². The van der Waals surface area contributed by atoms with E-state index in [-0.39, 0.29) is 0 Å². The molecule has 0 fully saturated rings. The lowest BCUT2D eigenvalue weighted by molar-refractivity contribution is -0.105. The summed E-state index contributed by atoms with van der Waals surface area (Å²) in [7, 11) is 0. The summed E-state index contributed by atoms with van der Waals surface area (Å²) in [5.74, 6) is 0. The van der Waals surface area contributed by atoms with Crippen LogP contribution in [0.3, 0.4) is 0 Å². The summed E-state index contributed by atoms with van der Waals surface area (Å²) in [5.41, 5.74) is 0.378. The average Bonchev–Trinajstić information content (AvgIpc) is 1.83. The lowest BCUT2D eigenvalue weighted by Crippen LogP contribution is -2.02. The van der Waals surface area contributed by atoms with Gasteiger partial charge in [0.15, 0.2) is 6.29 Å². The Balaban J connectivity index is 3.39. The quantitative estimate of drug-likeness (QED) is 0.431. The number of rotatable bonds is 3. The number of hydrogen-bond donors (Lipinski definition) is 1. The van der Waals surface area contributed by atoms with Crippen LogP contribution in [0.15, 0.2) is 24.6 Å². The smallest absolute Gasteiger partial charge is 0.165 e. The molecule has 0 saturated carbocycles. The molecule has 0 unspecified atom stereocenters. The normalized spacial score (nSPS) is 9.12. The van der Waals surface area contributed by atoms with Crippen LogP contribution in [0.2, 0.25) is 0 Å². The summed E-state index contributed by atoms with van der Waals surface area (Å²) in [6, 6.07) is 0. The van der Waals surface area contributed by atoms with Gasteiger partial charge in [0.05, 0.1) is 5.70 Å². The van der Waals surface area contributed by atoms with Crippen molar-refractivity contribution in [2.24, 2.45) is 0 Å². The SMILES string of the molecule is C=C(C=O)N/C=C\C. The summed E-state index contributed by atoms with van der Waals surface area (Å²) in [5, 5.41) is 2.64. The van der Waals surface area contributed by atoms with E-state index < -0.39 is 0 Å². The van der Waals surface area contributed by atoms with E-state index in [2.05, 4.69) is 11.9 Å². The molecular formula is C6H9NO. The number of aldehydes is 1. The standard InChI is InChI=1S/C6H9NO/c1-3-4-7-6(2)5-8/h3-5,7H,2H2,1H3/b4-3-. The second-order valence-corrected chi connectivity index (χ2v) is 1.29. The van der Waals surface area contributed by atoms with E-state index in [9.17, 15) is 4.79 Å². The van der Waals surface area contributed by atoms with Crippen LogP contribution in [0.25, 0.3) is 0 Å². The number of carbonyl (C=O) groups excluding carboxylic acids is 1. The third kappa shape index (κ3) is 3.15. The molecule has 0 rings (SSSR count). The first kappa shape index (κ1) is 6.95.